The third kappa shape index (κ3) is 1.70. The Hall–Kier alpha value is -1.49. The molecule has 0 aromatic carbocycles. The van der Waals surface area contributed by atoms with Gasteiger partial charge >= 0.3 is 5.97 Å². The van der Waals surface area contributed by atoms with Crippen molar-refractivity contribution < 1.29 is 14.7 Å². The van der Waals surface area contributed by atoms with Gasteiger partial charge in [-0.25, -0.2) is 9.79 Å². The third-order valence-corrected chi connectivity index (χ3v) is 2.85. The summed E-state index contributed by atoms with van der Waals surface area (Å²) in [5.74, 6) is -2.05. The van der Waals surface area contributed by atoms with E-state index < -0.39 is 17.8 Å². The Labute approximate surface area is 93.8 Å². The quantitative estimate of drug-likeness (QED) is 0.782. The molecule has 76 valence electrons. The first-order valence-electron chi connectivity index (χ1n) is 4.21. The molecule has 2 rings (SSSR count). The van der Waals surface area contributed by atoms with Gasteiger partial charge in [0.25, 0.3) is 5.91 Å². The van der Waals surface area contributed by atoms with Gasteiger partial charge in [-0.2, -0.15) is 0 Å². The van der Waals surface area contributed by atoms with Crippen molar-refractivity contribution in [2.45, 2.75) is 0 Å². The minimum absolute atomic E-state index is 0.0614. The molecule has 0 spiro atoms. The van der Waals surface area contributed by atoms with Crippen LogP contribution in [0.4, 0.5) is 0 Å². The second-order valence-electron chi connectivity index (χ2n) is 3.12. The number of carbonyl (C=O) groups excluding carboxylic acids is 1. The first-order valence-corrected chi connectivity index (χ1v) is 5.00. The maximum absolute atomic E-state index is 11.2. The van der Waals surface area contributed by atoms with Crippen LogP contribution in [0, 0.1) is 5.92 Å². The molecular weight excluding hydrogens is 262 g/mol. The highest BCUT2D eigenvalue weighted by molar-refractivity contribution is 9.12. The molecule has 1 atom stereocenters. The second kappa shape index (κ2) is 3.58. The van der Waals surface area contributed by atoms with Gasteiger partial charge in [0.2, 0.25) is 0 Å². The Balaban J connectivity index is 2.50. The van der Waals surface area contributed by atoms with Crippen LogP contribution in [0.1, 0.15) is 0 Å². The average Bonchev–Trinajstić information content (AvgIpc) is 2.18. The molecule has 0 bridgehead atoms. The molecule has 0 radical (unpaired) electrons. The lowest BCUT2D eigenvalue weighted by molar-refractivity contribution is -0.133. The third-order valence-electron chi connectivity index (χ3n) is 2.18. The molecular formula is C10H6BrNO3. The van der Waals surface area contributed by atoms with Crippen LogP contribution < -0.4 is 0 Å². The lowest BCUT2D eigenvalue weighted by Crippen LogP contribution is -2.26. The van der Waals surface area contributed by atoms with Gasteiger partial charge in [-0.3, -0.25) is 4.79 Å². The van der Waals surface area contributed by atoms with Crippen LogP contribution in [0.2, 0.25) is 0 Å². The molecule has 15 heavy (non-hydrogen) atoms. The number of amides is 1. The number of dihydropyridines is 1. The lowest BCUT2D eigenvalue weighted by Gasteiger charge is -2.21. The number of allylic oxidation sites excluding steroid dienone is 4. The summed E-state index contributed by atoms with van der Waals surface area (Å²) < 4.78 is 0.648. The number of hydrogen-bond donors (Lipinski definition) is 1. The monoisotopic (exact) mass is 267 g/mol. The summed E-state index contributed by atoms with van der Waals surface area (Å²) in [7, 11) is 0. The summed E-state index contributed by atoms with van der Waals surface area (Å²) in [6.07, 6.45) is 6.23. The van der Waals surface area contributed by atoms with Gasteiger partial charge in [0.15, 0.2) is 0 Å². The zero-order valence-corrected chi connectivity index (χ0v) is 9.06. The van der Waals surface area contributed by atoms with Crippen molar-refractivity contribution >= 4 is 33.5 Å². The van der Waals surface area contributed by atoms with Gasteiger partial charge < -0.3 is 5.11 Å². The number of hydrogen-bond acceptors (Lipinski definition) is 2. The first kappa shape index (κ1) is 10.0. The molecule has 0 saturated heterocycles. The van der Waals surface area contributed by atoms with E-state index in [-0.39, 0.29) is 5.57 Å². The predicted molar refractivity (Wildman–Crippen MR) is 57.8 cm³/mol. The lowest BCUT2D eigenvalue weighted by atomic mass is 9.88. The Bertz CT molecular complexity index is 455. The van der Waals surface area contributed by atoms with Crippen LogP contribution in [-0.2, 0) is 9.59 Å². The van der Waals surface area contributed by atoms with Crippen molar-refractivity contribution in [1.82, 2.24) is 0 Å². The van der Waals surface area contributed by atoms with Crippen molar-refractivity contribution in [1.29, 1.82) is 0 Å². The molecule has 1 unspecified atom stereocenters. The van der Waals surface area contributed by atoms with Gasteiger partial charge in [-0.05, 0) is 22.0 Å². The fourth-order valence-corrected chi connectivity index (χ4v) is 2.01. The number of rotatable bonds is 1. The van der Waals surface area contributed by atoms with E-state index in [1.807, 2.05) is 0 Å². The number of carbonyl (C=O) groups is 2. The molecule has 2 aliphatic rings. The van der Waals surface area contributed by atoms with Crippen molar-refractivity contribution in [2.75, 3.05) is 0 Å². The number of halogens is 1. The van der Waals surface area contributed by atoms with Gasteiger partial charge in [-0.1, -0.05) is 12.2 Å². The number of aliphatic carboxylic acids is 1. The summed E-state index contributed by atoms with van der Waals surface area (Å²) in [5, 5.41) is 8.94. The van der Waals surface area contributed by atoms with Gasteiger partial charge in [-0.15, -0.1) is 0 Å². The standard InChI is InChI=1S/C10H6BrNO3/c11-7-3-1-2-5-6(10(14)15)4-8(13)12-9(5)7/h1-5H,(H,14,15). The van der Waals surface area contributed by atoms with Crippen molar-refractivity contribution in [3.05, 3.63) is 34.4 Å². The molecule has 0 aromatic rings. The molecule has 1 heterocycles. The highest BCUT2D eigenvalue weighted by Gasteiger charge is 2.30. The molecule has 1 N–H and O–H groups in total. The second-order valence-corrected chi connectivity index (χ2v) is 3.97. The van der Waals surface area contributed by atoms with E-state index in [2.05, 4.69) is 20.9 Å². The van der Waals surface area contributed by atoms with E-state index in [9.17, 15) is 9.59 Å². The number of aliphatic imine (C=N–C) groups is 1. The minimum Gasteiger partial charge on any atom is -0.478 e. The minimum atomic E-state index is -1.09. The smallest absolute Gasteiger partial charge is 0.332 e. The van der Waals surface area contributed by atoms with E-state index in [0.717, 1.165) is 6.08 Å². The maximum Gasteiger partial charge on any atom is 0.332 e. The Morgan fingerprint density at radius 3 is 2.93 bits per heavy atom. The van der Waals surface area contributed by atoms with Crippen LogP contribution in [-0.4, -0.2) is 22.7 Å². The summed E-state index contributed by atoms with van der Waals surface area (Å²) in [6.45, 7) is 0. The van der Waals surface area contributed by atoms with Crippen molar-refractivity contribution in [3.63, 3.8) is 0 Å². The first-order chi connectivity index (χ1) is 7.09. The van der Waals surface area contributed by atoms with Crippen LogP contribution >= 0.6 is 15.9 Å². The molecule has 1 aliphatic carbocycles. The van der Waals surface area contributed by atoms with Crippen LogP contribution in [0.15, 0.2) is 39.4 Å². The zero-order chi connectivity index (χ0) is 11.0. The molecule has 1 aliphatic heterocycles. The zero-order valence-electron chi connectivity index (χ0n) is 7.48. The number of carboxylic acid groups (broad SMARTS) is 1. The van der Waals surface area contributed by atoms with Crippen LogP contribution in [0.5, 0.6) is 0 Å². The predicted octanol–water partition coefficient (Wildman–Crippen LogP) is 1.44. The maximum atomic E-state index is 11.2. The summed E-state index contributed by atoms with van der Waals surface area (Å²) in [6, 6.07) is 0. The molecule has 0 aromatic heterocycles. The summed E-state index contributed by atoms with van der Waals surface area (Å²) >= 11 is 3.24. The normalized spacial score (nSPS) is 23.9. The highest BCUT2D eigenvalue weighted by atomic mass is 79.9. The summed E-state index contributed by atoms with van der Waals surface area (Å²) in [5.41, 5.74) is 0.522. The Morgan fingerprint density at radius 1 is 1.53 bits per heavy atom. The van der Waals surface area contributed by atoms with Gasteiger partial charge in [0.05, 0.1) is 17.2 Å². The largest absolute Gasteiger partial charge is 0.478 e. The van der Waals surface area contributed by atoms with Gasteiger partial charge in [0.1, 0.15) is 0 Å². The molecule has 0 saturated carbocycles. The molecule has 0 fully saturated rings. The fourth-order valence-electron chi connectivity index (χ4n) is 1.52. The van der Waals surface area contributed by atoms with Crippen molar-refractivity contribution in [3.8, 4) is 0 Å². The topological polar surface area (TPSA) is 66.7 Å². The van der Waals surface area contributed by atoms with E-state index in [0.29, 0.717) is 10.2 Å². The van der Waals surface area contributed by atoms with Crippen LogP contribution in [0.25, 0.3) is 0 Å². The van der Waals surface area contributed by atoms with E-state index in [1.54, 1.807) is 18.2 Å². The number of carboxylic acids is 1. The Morgan fingerprint density at radius 2 is 2.27 bits per heavy atom. The SMILES string of the molecule is O=C1C=C(C(=O)O)C2C=CC=C(Br)C2=N1. The van der Waals surface area contributed by atoms with E-state index in [4.69, 9.17) is 5.11 Å². The average molecular weight is 268 g/mol. The van der Waals surface area contributed by atoms with E-state index >= 15 is 0 Å². The highest BCUT2D eigenvalue weighted by Crippen LogP contribution is 2.29. The summed E-state index contributed by atoms with van der Waals surface area (Å²) in [4.78, 5) is 25.9. The van der Waals surface area contributed by atoms with E-state index in [1.165, 1.54) is 0 Å². The molecule has 5 heteroatoms. The fraction of sp³-hybridized carbons (Fsp3) is 0.100. The molecule has 4 nitrogen and oxygen atoms in total. The Kier molecular flexibility index (Phi) is 2.40. The van der Waals surface area contributed by atoms with Crippen LogP contribution in [0.3, 0.4) is 0 Å². The number of fused-ring (bicyclic) bond motifs is 1. The van der Waals surface area contributed by atoms with Gasteiger partial charge in [0, 0.05) is 10.6 Å². The van der Waals surface area contributed by atoms with Crippen molar-refractivity contribution in [2.24, 2.45) is 10.9 Å². The number of nitrogens with zero attached hydrogens (tertiary/aromatic N) is 1. The molecule has 1 amide bonds.